The summed E-state index contributed by atoms with van der Waals surface area (Å²) in [4.78, 5) is 10.2. The summed E-state index contributed by atoms with van der Waals surface area (Å²) < 4.78 is 0. The Balaban J connectivity index is 1.69. The van der Waals surface area contributed by atoms with Crippen LogP contribution in [0.1, 0.15) is 55.6 Å². The Labute approximate surface area is 180 Å². The molecule has 0 saturated carbocycles. The van der Waals surface area contributed by atoms with Crippen molar-refractivity contribution in [3.05, 3.63) is 108 Å². The van der Waals surface area contributed by atoms with Gasteiger partial charge in [-0.25, -0.2) is 4.99 Å². The van der Waals surface area contributed by atoms with Crippen LogP contribution in [0.5, 0.6) is 0 Å². The molecule has 0 N–H and O–H groups in total. The van der Waals surface area contributed by atoms with Crippen molar-refractivity contribution in [2.75, 3.05) is 13.1 Å². The first kappa shape index (κ1) is 20.2. The molecule has 0 amide bonds. The fraction of sp³-hybridized carbons (Fsp3) is 0.296. The van der Waals surface area contributed by atoms with E-state index in [0.29, 0.717) is 0 Å². The number of benzene rings is 3. The summed E-state index contributed by atoms with van der Waals surface area (Å²) in [7, 11) is 0. The van der Waals surface area contributed by atoms with Crippen LogP contribution in [0.4, 0.5) is 0 Å². The molecule has 3 aromatic rings. The third kappa shape index (κ3) is 4.25. The fourth-order valence-electron chi connectivity index (χ4n) is 4.26. The molecule has 4 rings (SSSR count). The number of nitrogens with zero attached hydrogens (tertiary/aromatic N) is 3. The second kappa shape index (κ2) is 9.17. The lowest BCUT2D eigenvalue weighted by Crippen LogP contribution is -2.37. The van der Waals surface area contributed by atoms with Gasteiger partial charge in [-0.15, -0.1) is 0 Å². The van der Waals surface area contributed by atoms with Crippen molar-refractivity contribution in [1.82, 2.24) is 9.80 Å². The Bertz CT molecular complexity index is 898. The molecule has 3 heteroatoms. The highest BCUT2D eigenvalue weighted by Gasteiger charge is 2.34. The second-order valence-corrected chi connectivity index (χ2v) is 8.08. The van der Waals surface area contributed by atoms with Crippen molar-refractivity contribution in [1.29, 1.82) is 0 Å². The van der Waals surface area contributed by atoms with Crippen LogP contribution in [-0.4, -0.2) is 28.8 Å². The standard InChI is InChI=1S/C27H31N3/c1-21(24-13-7-4-8-14-24)28-27-29(22(2)25-15-9-5-10-16-25)19-20-30(27)23(3)26-17-11-6-12-18-26/h4-18,21-23H,19-20H2,1-3H3/t21?,22-,23-/m0/s1. The van der Waals surface area contributed by atoms with Crippen LogP contribution < -0.4 is 0 Å². The van der Waals surface area contributed by atoms with Crippen LogP contribution in [0.3, 0.4) is 0 Å². The molecule has 0 aromatic heterocycles. The van der Waals surface area contributed by atoms with Crippen LogP contribution in [0.2, 0.25) is 0 Å². The monoisotopic (exact) mass is 397 g/mol. The van der Waals surface area contributed by atoms with Gasteiger partial charge >= 0.3 is 0 Å². The van der Waals surface area contributed by atoms with E-state index in [2.05, 4.69) is 122 Å². The molecule has 0 bridgehead atoms. The molecule has 0 spiro atoms. The normalized spacial score (nSPS) is 17.0. The largest absolute Gasteiger partial charge is 0.334 e. The van der Waals surface area contributed by atoms with E-state index in [1.54, 1.807) is 0 Å². The molecule has 3 aromatic carbocycles. The zero-order valence-corrected chi connectivity index (χ0v) is 18.1. The van der Waals surface area contributed by atoms with E-state index in [1.165, 1.54) is 16.7 Å². The van der Waals surface area contributed by atoms with Crippen molar-refractivity contribution in [2.24, 2.45) is 4.99 Å². The molecule has 0 radical (unpaired) electrons. The highest BCUT2D eigenvalue weighted by molar-refractivity contribution is 5.83. The Kier molecular flexibility index (Phi) is 6.18. The Morgan fingerprint density at radius 2 is 0.933 bits per heavy atom. The fourth-order valence-corrected chi connectivity index (χ4v) is 4.26. The van der Waals surface area contributed by atoms with Crippen LogP contribution in [0.15, 0.2) is 96.0 Å². The summed E-state index contributed by atoms with van der Waals surface area (Å²) in [6, 6.07) is 32.7. The van der Waals surface area contributed by atoms with Gasteiger partial charge in [0.1, 0.15) is 0 Å². The highest BCUT2D eigenvalue weighted by atomic mass is 15.5. The molecule has 1 fully saturated rings. The molecule has 1 aliphatic heterocycles. The minimum Gasteiger partial charge on any atom is -0.334 e. The third-order valence-corrected chi connectivity index (χ3v) is 6.19. The number of hydrogen-bond acceptors (Lipinski definition) is 1. The predicted molar refractivity (Wildman–Crippen MR) is 125 cm³/mol. The molecule has 1 saturated heterocycles. The van der Waals surface area contributed by atoms with Crippen molar-refractivity contribution in [3.63, 3.8) is 0 Å². The van der Waals surface area contributed by atoms with Gasteiger partial charge in [0, 0.05) is 13.1 Å². The maximum Gasteiger partial charge on any atom is 0.198 e. The Morgan fingerprint density at radius 3 is 1.33 bits per heavy atom. The van der Waals surface area contributed by atoms with Crippen molar-refractivity contribution in [2.45, 2.75) is 38.9 Å². The summed E-state index contributed by atoms with van der Waals surface area (Å²) >= 11 is 0. The number of guanidine groups is 1. The van der Waals surface area contributed by atoms with Crippen LogP contribution >= 0.6 is 0 Å². The second-order valence-electron chi connectivity index (χ2n) is 8.08. The molecule has 1 unspecified atom stereocenters. The van der Waals surface area contributed by atoms with Gasteiger partial charge in [-0.05, 0) is 37.5 Å². The Morgan fingerprint density at radius 1 is 0.567 bits per heavy atom. The molecule has 3 nitrogen and oxygen atoms in total. The smallest absolute Gasteiger partial charge is 0.198 e. The molecular formula is C27H31N3. The number of hydrogen-bond donors (Lipinski definition) is 0. The topological polar surface area (TPSA) is 18.8 Å². The number of aliphatic imine (C=N–C) groups is 1. The number of rotatable bonds is 6. The molecule has 1 aliphatic rings. The van der Waals surface area contributed by atoms with E-state index in [0.717, 1.165) is 19.0 Å². The first-order chi connectivity index (χ1) is 14.6. The van der Waals surface area contributed by atoms with Crippen molar-refractivity contribution < 1.29 is 0 Å². The van der Waals surface area contributed by atoms with Crippen molar-refractivity contribution >= 4 is 5.96 Å². The van der Waals surface area contributed by atoms with E-state index < -0.39 is 0 Å². The van der Waals surface area contributed by atoms with E-state index in [-0.39, 0.29) is 18.1 Å². The summed E-state index contributed by atoms with van der Waals surface area (Å²) in [5.74, 6) is 1.10. The van der Waals surface area contributed by atoms with Crippen LogP contribution in [0, 0.1) is 0 Å². The summed E-state index contributed by atoms with van der Waals surface area (Å²) in [5.41, 5.74) is 3.90. The van der Waals surface area contributed by atoms with Crippen molar-refractivity contribution in [3.8, 4) is 0 Å². The first-order valence-corrected chi connectivity index (χ1v) is 10.9. The lowest BCUT2D eigenvalue weighted by Gasteiger charge is -2.32. The van der Waals surface area contributed by atoms with Gasteiger partial charge in [0.2, 0.25) is 0 Å². The lowest BCUT2D eigenvalue weighted by atomic mass is 10.1. The molecular weight excluding hydrogens is 366 g/mol. The zero-order valence-electron chi connectivity index (χ0n) is 18.1. The highest BCUT2D eigenvalue weighted by Crippen LogP contribution is 2.32. The maximum atomic E-state index is 5.27. The van der Waals surface area contributed by atoms with E-state index >= 15 is 0 Å². The van der Waals surface area contributed by atoms with Gasteiger partial charge in [0.05, 0.1) is 18.1 Å². The van der Waals surface area contributed by atoms with Crippen LogP contribution in [0.25, 0.3) is 0 Å². The summed E-state index contributed by atoms with van der Waals surface area (Å²) in [6.07, 6.45) is 0. The molecule has 3 atom stereocenters. The zero-order chi connectivity index (χ0) is 20.9. The molecule has 1 heterocycles. The third-order valence-electron chi connectivity index (χ3n) is 6.19. The van der Waals surface area contributed by atoms with E-state index in [1.807, 2.05) is 0 Å². The maximum absolute atomic E-state index is 5.27. The lowest BCUT2D eigenvalue weighted by molar-refractivity contribution is 0.357. The SMILES string of the molecule is CC(N=C1N([C@@H](C)c2ccccc2)CCN1[C@@H](C)c1ccccc1)c1ccccc1. The van der Waals surface area contributed by atoms with E-state index in [9.17, 15) is 0 Å². The summed E-state index contributed by atoms with van der Waals surface area (Å²) in [6.45, 7) is 8.72. The van der Waals surface area contributed by atoms with Gasteiger partial charge in [-0.1, -0.05) is 91.0 Å². The minimum absolute atomic E-state index is 0.107. The quantitative estimate of drug-likeness (QED) is 0.490. The van der Waals surface area contributed by atoms with Gasteiger partial charge in [-0.2, -0.15) is 0 Å². The van der Waals surface area contributed by atoms with Gasteiger partial charge in [0.15, 0.2) is 5.96 Å². The predicted octanol–water partition coefficient (Wildman–Crippen LogP) is 6.24. The van der Waals surface area contributed by atoms with Gasteiger partial charge in [0.25, 0.3) is 0 Å². The van der Waals surface area contributed by atoms with Gasteiger partial charge in [-0.3, -0.25) is 0 Å². The van der Waals surface area contributed by atoms with Crippen LogP contribution in [-0.2, 0) is 0 Å². The first-order valence-electron chi connectivity index (χ1n) is 10.9. The average Bonchev–Trinajstić information content (AvgIpc) is 3.23. The molecule has 154 valence electrons. The summed E-state index contributed by atoms with van der Waals surface area (Å²) in [5, 5.41) is 0. The Hall–Kier alpha value is -3.07. The molecule has 0 aliphatic carbocycles. The average molecular weight is 398 g/mol. The molecule has 30 heavy (non-hydrogen) atoms. The van der Waals surface area contributed by atoms with E-state index in [4.69, 9.17) is 4.99 Å². The van der Waals surface area contributed by atoms with Gasteiger partial charge < -0.3 is 9.80 Å². The minimum atomic E-state index is 0.107.